The first-order valence-electron chi connectivity index (χ1n) is 11.4. The third-order valence-corrected chi connectivity index (χ3v) is 6.83. The first-order chi connectivity index (χ1) is 15.4. The molecule has 6 heteroatoms. The van der Waals surface area contributed by atoms with Crippen molar-refractivity contribution in [3.05, 3.63) is 53.6 Å². The van der Waals surface area contributed by atoms with E-state index in [0.29, 0.717) is 19.7 Å². The number of nitrogens with zero attached hydrogens (tertiary/aromatic N) is 1. The number of carbonyl (C=O) groups is 2. The standard InChI is InChI=1S/C26H32N2O4/c1-18-23(20-7-9-22(31-3)10-8-20)5-4-6-24(18)25(30)28-14-12-26(13-15-28)17-21(11-16-32-26)27-19(2)29/h4-10,21H,11-17H2,1-3H3,(H,27,29). The monoisotopic (exact) mass is 436 g/mol. The normalized spacial score (nSPS) is 20.1. The van der Waals surface area contributed by atoms with Crippen LogP contribution in [0, 0.1) is 6.92 Å². The lowest BCUT2D eigenvalue weighted by molar-refractivity contribution is -0.128. The predicted octanol–water partition coefficient (Wildman–Crippen LogP) is 3.96. The van der Waals surface area contributed by atoms with Crippen molar-refractivity contribution in [2.45, 2.75) is 51.2 Å². The average molecular weight is 437 g/mol. The Morgan fingerprint density at radius 1 is 1.12 bits per heavy atom. The van der Waals surface area contributed by atoms with Crippen LogP contribution in [0.25, 0.3) is 11.1 Å². The molecule has 1 spiro atoms. The lowest BCUT2D eigenvalue weighted by Gasteiger charge is -2.46. The zero-order valence-corrected chi connectivity index (χ0v) is 19.1. The molecular weight excluding hydrogens is 404 g/mol. The highest BCUT2D eigenvalue weighted by molar-refractivity contribution is 5.97. The first kappa shape index (κ1) is 22.3. The van der Waals surface area contributed by atoms with Gasteiger partial charge in [-0.25, -0.2) is 0 Å². The average Bonchev–Trinajstić information content (AvgIpc) is 2.79. The molecule has 1 unspecified atom stereocenters. The summed E-state index contributed by atoms with van der Waals surface area (Å²) in [6.45, 7) is 5.56. The van der Waals surface area contributed by atoms with E-state index in [2.05, 4.69) is 11.4 Å². The van der Waals surface area contributed by atoms with Gasteiger partial charge in [0.25, 0.3) is 5.91 Å². The molecule has 0 saturated carbocycles. The Bertz CT molecular complexity index is 978. The Labute approximate surface area is 189 Å². The third kappa shape index (κ3) is 4.65. The number of hydrogen-bond donors (Lipinski definition) is 1. The van der Waals surface area contributed by atoms with Gasteiger partial charge in [-0.15, -0.1) is 0 Å². The summed E-state index contributed by atoms with van der Waals surface area (Å²) < 4.78 is 11.4. The summed E-state index contributed by atoms with van der Waals surface area (Å²) in [6.07, 6.45) is 3.26. The molecule has 2 saturated heterocycles. The molecule has 2 aliphatic heterocycles. The van der Waals surface area contributed by atoms with Gasteiger partial charge in [0.1, 0.15) is 5.75 Å². The fourth-order valence-corrected chi connectivity index (χ4v) is 5.03. The van der Waals surface area contributed by atoms with Crippen LogP contribution in [0.2, 0.25) is 0 Å². The van der Waals surface area contributed by atoms with E-state index in [0.717, 1.165) is 53.7 Å². The smallest absolute Gasteiger partial charge is 0.254 e. The number of ether oxygens (including phenoxy) is 2. The maximum absolute atomic E-state index is 13.4. The molecule has 170 valence electrons. The summed E-state index contributed by atoms with van der Waals surface area (Å²) in [5.41, 5.74) is 3.62. The third-order valence-electron chi connectivity index (χ3n) is 6.83. The van der Waals surface area contributed by atoms with E-state index in [1.807, 2.05) is 48.2 Å². The molecule has 0 aliphatic carbocycles. The van der Waals surface area contributed by atoms with Crippen molar-refractivity contribution in [1.82, 2.24) is 10.2 Å². The number of carbonyl (C=O) groups excluding carboxylic acids is 2. The van der Waals surface area contributed by atoms with Gasteiger partial charge in [0.05, 0.1) is 12.7 Å². The molecule has 1 atom stereocenters. The quantitative estimate of drug-likeness (QED) is 0.788. The van der Waals surface area contributed by atoms with E-state index < -0.39 is 0 Å². The molecule has 2 fully saturated rings. The number of hydrogen-bond acceptors (Lipinski definition) is 4. The van der Waals surface area contributed by atoms with Gasteiger partial charge in [-0.1, -0.05) is 24.3 Å². The molecule has 32 heavy (non-hydrogen) atoms. The van der Waals surface area contributed by atoms with Gasteiger partial charge in [-0.05, 0) is 67.5 Å². The Morgan fingerprint density at radius 3 is 2.50 bits per heavy atom. The Morgan fingerprint density at radius 2 is 1.84 bits per heavy atom. The van der Waals surface area contributed by atoms with Crippen molar-refractivity contribution in [3.8, 4) is 16.9 Å². The number of amides is 2. The molecule has 2 amide bonds. The second kappa shape index (κ2) is 9.33. The van der Waals surface area contributed by atoms with E-state index >= 15 is 0 Å². The van der Waals surface area contributed by atoms with Gasteiger partial charge in [-0.3, -0.25) is 9.59 Å². The molecule has 2 heterocycles. The molecule has 2 aromatic rings. The Balaban J connectivity index is 1.46. The fraction of sp³-hybridized carbons (Fsp3) is 0.462. The lowest BCUT2D eigenvalue weighted by Crippen LogP contribution is -2.54. The second-order valence-electron chi connectivity index (χ2n) is 8.92. The minimum Gasteiger partial charge on any atom is -0.497 e. The zero-order chi connectivity index (χ0) is 22.7. The molecule has 4 rings (SSSR count). The van der Waals surface area contributed by atoms with Crippen LogP contribution in [0.5, 0.6) is 5.75 Å². The van der Waals surface area contributed by atoms with Crippen molar-refractivity contribution in [2.75, 3.05) is 26.8 Å². The second-order valence-corrected chi connectivity index (χ2v) is 8.92. The van der Waals surface area contributed by atoms with Gasteiger partial charge in [-0.2, -0.15) is 0 Å². The van der Waals surface area contributed by atoms with Crippen LogP contribution in [0.15, 0.2) is 42.5 Å². The molecule has 0 aromatic heterocycles. The van der Waals surface area contributed by atoms with E-state index in [1.165, 1.54) is 0 Å². The molecule has 0 bridgehead atoms. The van der Waals surface area contributed by atoms with Crippen LogP contribution in [-0.4, -0.2) is 55.2 Å². The van der Waals surface area contributed by atoms with Crippen LogP contribution in [0.1, 0.15) is 48.5 Å². The summed E-state index contributed by atoms with van der Waals surface area (Å²) in [5, 5.41) is 3.04. The van der Waals surface area contributed by atoms with Crippen molar-refractivity contribution in [3.63, 3.8) is 0 Å². The molecule has 1 N–H and O–H groups in total. The lowest BCUT2D eigenvalue weighted by atomic mass is 9.82. The van der Waals surface area contributed by atoms with Gasteiger partial charge >= 0.3 is 0 Å². The highest BCUT2D eigenvalue weighted by Gasteiger charge is 2.41. The number of benzene rings is 2. The maximum Gasteiger partial charge on any atom is 0.254 e. The number of rotatable bonds is 4. The van der Waals surface area contributed by atoms with Gasteiger partial charge < -0.3 is 19.7 Å². The number of piperidine rings is 1. The number of nitrogens with one attached hydrogen (secondary N) is 1. The highest BCUT2D eigenvalue weighted by Crippen LogP contribution is 2.36. The topological polar surface area (TPSA) is 67.9 Å². The maximum atomic E-state index is 13.4. The van der Waals surface area contributed by atoms with Gasteiger partial charge in [0.2, 0.25) is 5.91 Å². The summed E-state index contributed by atoms with van der Waals surface area (Å²) in [5.74, 6) is 0.889. The fourth-order valence-electron chi connectivity index (χ4n) is 5.03. The van der Waals surface area contributed by atoms with Crippen LogP contribution in [-0.2, 0) is 9.53 Å². The zero-order valence-electron chi connectivity index (χ0n) is 19.1. The van der Waals surface area contributed by atoms with Crippen LogP contribution in [0.4, 0.5) is 0 Å². The first-order valence-corrected chi connectivity index (χ1v) is 11.4. The number of likely N-dealkylation sites (tertiary alicyclic amines) is 1. The van der Waals surface area contributed by atoms with Gasteiger partial charge in [0.15, 0.2) is 0 Å². The van der Waals surface area contributed by atoms with Crippen molar-refractivity contribution in [1.29, 1.82) is 0 Å². The SMILES string of the molecule is COc1ccc(-c2cccc(C(=O)N3CCC4(CC3)CC(NC(C)=O)CCO4)c2C)cc1. The minimum absolute atomic E-state index is 0.00637. The van der Waals surface area contributed by atoms with Crippen molar-refractivity contribution >= 4 is 11.8 Å². The van der Waals surface area contributed by atoms with E-state index in [1.54, 1.807) is 14.0 Å². The summed E-state index contributed by atoms with van der Waals surface area (Å²) >= 11 is 0. The van der Waals surface area contributed by atoms with Crippen LogP contribution in [0.3, 0.4) is 0 Å². The number of methoxy groups -OCH3 is 1. The summed E-state index contributed by atoms with van der Waals surface area (Å²) in [4.78, 5) is 26.8. The van der Waals surface area contributed by atoms with E-state index in [4.69, 9.17) is 9.47 Å². The molecule has 2 aromatic carbocycles. The summed E-state index contributed by atoms with van der Waals surface area (Å²) in [6, 6.07) is 14.0. The van der Waals surface area contributed by atoms with E-state index in [9.17, 15) is 9.59 Å². The predicted molar refractivity (Wildman–Crippen MR) is 124 cm³/mol. The Kier molecular flexibility index (Phi) is 6.51. The van der Waals surface area contributed by atoms with Crippen LogP contribution >= 0.6 is 0 Å². The summed E-state index contributed by atoms with van der Waals surface area (Å²) in [7, 11) is 1.65. The van der Waals surface area contributed by atoms with E-state index in [-0.39, 0.29) is 23.5 Å². The Hall–Kier alpha value is -2.86. The highest BCUT2D eigenvalue weighted by atomic mass is 16.5. The molecular formula is C26H32N2O4. The largest absolute Gasteiger partial charge is 0.497 e. The van der Waals surface area contributed by atoms with Crippen molar-refractivity contribution < 1.29 is 19.1 Å². The van der Waals surface area contributed by atoms with Crippen molar-refractivity contribution in [2.24, 2.45) is 0 Å². The van der Waals surface area contributed by atoms with Gasteiger partial charge in [0, 0.05) is 38.2 Å². The molecule has 2 aliphatic rings. The molecule has 6 nitrogen and oxygen atoms in total. The minimum atomic E-state index is -0.234. The van der Waals surface area contributed by atoms with Crippen LogP contribution < -0.4 is 10.1 Å². The molecule has 0 radical (unpaired) electrons.